The van der Waals surface area contributed by atoms with E-state index in [4.69, 9.17) is 0 Å². The second-order valence-electron chi connectivity index (χ2n) is 9.11. The molecule has 0 fully saturated rings. The molecule has 2 aromatic rings. The van der Waals surface area contributed by atoms with Gasteiger partial charge in [-0.05, 0) is 48.9 Å². The highest BCUT2D eigenvalue weighted by Crippen LogP contribution is 2.13. The van der Waals surface area contributed by atoms with Crippen LogP contribution in [0.15, 0.2) is 48.5 Å². The standard InChI is InChI=1S/C27H40FN3O4S/c1-4-14-31(15-5-2)36(34,35)16-13-27(33)30-25(18-23-12-11-21(3)24(28)17-23)26(32)20-29-19-22-9-7-6-8-10-22/h6-12,17,25-26,29,32H,4-5,13-16,18-20H2,1-3H3,(H,30,33)/t25-,26-/m0/s1. The monoisotopic (exact) mass is 521 g/mol. The molecule has 9 heteroatoms. The van der Waals surface area contributed by atoms with Crippen LogP contribution in [0.25, 0.3) is 0 Å². The number of rotatable bonds is 16. The third-order valence-corrected chi connectivity index (χ3v) is 7.83. The summed E-state index contributed by atoms with van der Waals surface area (Å²) in [4.78, 5) is 12.7. The normalized spacial score (nSPS) is 13.5. The lowest BCUT2D eigenvalue weighted by Gasteiger charge is -2.25. The maximum Gasteiger partial charge on any atom is 0.221 e. The van der Waals surface area contributed by atoms with Crippen molar-refractivity contribution in [3.05, 3.63) is 71.0 Å². The quantitative estimate of drug-likeness (QED) is 0.315. The first kappa shape index (κ1) is 29.9. The van der Waals surface area contributed by atoms with Crippen LogP contribution in [0.4, 0.5) is 4.39 Å². The number of amides is 1. The Kier molecular flexibility index (Phi) is 12.5. The van der Waals surface area contributed by atoms with Crippen molar-refractivity contribution in [2.45, 2.75) is 65.1 Å². The molecule has 0 unspecified atom stereocenters. The SMILES string of the molecule is CCCN(CCC)S(=O)(=O)CCC(=O)N[C@@H](Cc1ccc(C)c(F)c1)[C@@H](O)CNCc1ccccc1. The summed E-state index contributed by atoms with van der Waals surface area (Å²) in [5.41, 5.74) is 2.20. The lowest BCUT2D eigenvalue weighted by Crippen LogP contribution is -2.49. The Morgan fingerprint density at radius 2 is 1.72 bits per heavy atom. The summed E-state index contributed by atoms with van der Waals surface area (Å²) in [6.07, 6.45) is 0.429. The fourth-order valence-electron chi connectivity index (χ4n) is 3.92. The molecule has 1 amide bonds. The van der Waals surface area contributed by atoms with Gasteiger partial charge in [0, 0.05) is 32.6 Å². The number of hydrogen-bond donors (Lipinski definition) is 3. The molecule has 0 heterocycles. The Morgan fingerprint density at radius 3 is 2.33 bits per heavy atom. The van der Waals surface area contributed by atoms with Crippen molar-refractivity contribution >= 4 is 15.9 Å². The third-order valence-electron chi connectivity index (χ3n) is 5.95. The van der Waals surface area contributed by atoms with Crippen molar-refractivity contribution in [1.82, 2.24) is 14.9 Å². The smallest absolute Gasteiger partial charge is 0.221 e. The van der Waals surface area contributed by atoms with E-state index in [9.17, 15) is 22.7 Å². The molecule has 200 valence electrons. The van der Waals surface area contributed by atoms with Crippen LogP contribution < -0.4 is 10.6 Å². The van der Waals surface area contributed by atoms with Crippen LogP contribution in [0.5, 0.6) is 0 Å². The van der Waals surface area contributed by atoms with Gasteiger partial charge in [0.05, 0.1) is 17.9 Å². The average molecular weight is 522 g/mol. The maximum atomic E-state index is 14.1. The number of nitrogens with zero attached hydrogens (tertiary/aromatic N) is 1. The van der Waals surface area contributed by atoms with Gasteiger partial charge >= 0.3 is 0 Å². The summed E-state index contributed by atoms with van der Waals surface area (Å²) in [6.45, 7) is 7.08. The minimum atomic E-state index is -3.56. The predicted molar refractivity (Wildman–Crippen MR) is 141 cm³/mol. The molecule has 0 spiro atoms. The Labute approximate surface area is 215 Å². The van der Waals surface area contributed by atoms with Gasteiger partial charge in [0.2, 0.25) is 15.9 Å². The number of carbonyl (C=O) groups excluding carboxylic acids is 1. The van der Waals surface area contributed by atoms with E-state index in [-0.39, 0.29) is 31.0 Å². The first-order valence-electron chi connectivity index (χ1n) is 12.6. The van der Waals surface area contributed by atoms with Crippen LogP contribution in [0.2, 0.25) is 0 Å². The van der Waals surface area contributed by atoms with E-state index >= 15 is 0 Å². The van der Waals surface area contributed by atoms with Gasteiger partial charge in [-0.25, -0.2) is 17.1 Å². The van der Waals surface area contributed by atoms with Gasteiger partial charge in [0.1, 0.15) is 5.82 Å². The van der Waals surface area contributed by atoms with E-state index in [2.05, 4.69) is 10.6 Å². The lowest BCUT2D eigenvalue weighted by atomic mass is 9.99. The molecule has 2 atom stereocenters. The number of hydrogen-bond acceptors (Lipinski definition) is 5. The predicted octanol–water partition coefficient (Wildman–Crippen LogP) is 3.15. The molecule has 7 nitrogen and oxygen atoms in total. The van der Waals surface area contributed by atoms with Crippen LogP contribution in [-0.2, 0) is 27.8 Å². The zero-order valence-corrected chi connectivity index (χ0v) is 22.4. The van der Waals surface area contributed by atoms with Gasteiger partial charge in [-0.2, -0.15) is 0 Å². The van der Waals surface area contributed by atoms with Gasteiger partial charge in [-0.3, -0.25) is 4.79 Å². The number of carbonyl (C=O) groups is 1. The van der Waals surface area contributed by atoms with Crippen molar-refractivity contribution in [3.8, 4) is 0 Å². The summed E-state index contributed by atoms with van der Waals surface area (Å²) >= 11 is 0. The van der Waals surface area contributed by atoms with E-state index in [1.807, 2.05) is 44.2 Å². The summed E-state index contributed by atoms with van der Waals surface area (Å²) < 4.78 is 41.0. The van der Waals surface area contributed by atoms with Crippen LogP contribution in [-0.4, -0.2) is 61.3 Å². The number of aliphatic hydroxyl groups excluding tert-OH is 1. The first-order valence-corrected chi connectivity index (χ1v) is 14.2. The molecule has 0 aliphatic heterocycles. The zero-order valence-electron chi connectivity index (χ0n) is 21.5. The van der Waals surface area contributed by atoms with E-state index in [1.54, 1.807) is 19.1 Å². The molecule has 0 bridgehead atoms. The van der Waals surface area contributed by atoms with Crippen molar-refractivity contribution < 1.29 is 22.7 Å². The molecule has 2 rings (SSSR count). The number of sulfonamides is 1. The van der Waals surface area contributed by atoms with E-state index in [1.165, 1.54) is 10.4 Å². The Hall–Kier alpha value is -2.33. The Balaban J connectivity index is 2.04. The van der Waals surface area contributed by atoms with Crippen LogP contribution in [0.3, 0.4) is 0 Å². The highest BCUT2D eigenvalue weighted by molar-refractivity contribution is 7.89. The van der Waals surface area contributed by atoms with E-state index in [0.29, 0.717) is 43.6 Å². The number of aryl methyl sites for hydroxylation is 1. The van der Waals surface area contributed by atoms with Gasteiger partial charge in [-0.1, -0.05) is 56.3 Å². The van der Waals surface area contributed by atoms with Crippen LogP contribution >= 0.6 is 0 Å². The molecule has 0 saturated carbocycles. The molecule has 2 aromatic carbocycles. The average Bonchev–Trinajstić information content (AvgIpc) is 2.85. The second-order valence-corrected chi connectivity index (χ2v) is 11.2. The van der Waals surface area contributed by atoms with Gasteiger partial charge < -0.3 is 15.7 Å². The second kappa shape index (κ2) is 15.0. The minimum Gasteiger partial charge on any atom is -0.390 e. The molecule has 36 heavy (non-hydrogen) atoms. The zero-order chi connectivity index (χ0) is 26.6. The summed E-state index contributed by atoms with van der Waals surface area (Å²) in [6, 6.07) is 13.8. The third kappa shape index (κ3) is 9.97. The number of nitrogens with one attached hydrogen (secondary N) is 2. The van der Waals surface area contributed by atoms with Gasteiger partial charge in [0.25, 0.3) is 0 Å². The van der Waals surface area contributed by atoms with Gasteiger partial charge in [0.15, 0.2) is 0 Å². The summed E-state index contributed by atoms with van der Waals surface area (Å²) in [5, 5.41) is 16.9. The molecule has 0 aliphatic carbocycles. The lowest BCUT2D eigenvalue weighted by molar-refractivity contribution is -0.122. The summed E-state index contributed by atoms with van der Waals surface area (Å²) in [5.74, 6) is -1.12. The number of aliphatic hydroxyl groups is 1. The van der Waals surface area contributed by atoms with Gasteiger partial charge in [-0.15, -0.1) is 0 Å². The maximum absolute atomic E-state index is 14.1. The van der Waals surface area contributed by atoms with Crippen molar-refractivity contribution in [1.29, 1.82) is 0 Å². The molecule has 0 aromatic heterocycles. The fraction of sp³-hybridized carbons (Fsp3) is 0.519. The number of benzene rings is 2. The van der Waals surface area contributed by atoms with Crippen LogP contribution in [0.1, 0.15) is 49.8 Å². The van der Waals surface area contributed by atoms with Crippen molar-refractivity contribution in [2.24, 2.45) is 0 Å². The topological polar surface area (TPSA) is 98.7 Å². The molecular weight excluding hydrogens is 481 g/mol. The fourth-order valence-corrected chi connectivity index (χ4v) is 5.54. The first-order chi connectivity index (χ1) is 17.2. The largest absolute Gasteiger partial charge is 0.390 e. The molecule has 3 N–H and O–H groups in total. The van der Waals surface area contributed by atoms with Crippen LogP contribution in [0, 0.1) is 12.7 Å². The molecule has 0 saturated heterocycles. The highest BCUT2D eigenvalue weighted by atomic mass is 32.2. The Morgan fingerprint density at radius 1 is 1.06 bits per heavy atom. The Bertz CT molecular complexity index is 1040. The molecular formula is C27H40FN3O4S. The van der Waals surface area contributed by atoms with Crippen molar-refractivity contribution in [3.63, 3.8) is 0 Å². The molecule has 0 radical (unpaired) electrons. The highest BCUT2D eigenvalue weighted by Gasteiger charge is 2.25. The summed E-state index contributed by atoms with van der Waals surface area (Å²) in [7, 11) is -3.56. The molecule has 0 aliphatic rings. The van der Waals surface area contributed by atoms with E-state index in [0.717, 1.165) is 5.56 Å². The van der Waals surface area contributed by atoms with E-state index < -0.39 is 28.1 Å². The van der Waals surface area contributed by atoms with Crippen molar-refractivity contribution in [2.75, 3.05) is 25.4 Å². The minimum absolute atomic E-state index is 0.202. The number of halogens is 1.